The number of hydrogen-bond acceptors (Lipinski definition) is 3. The summed E-state index contributed by atoms with van der Waals surface area (Å²) in [5.74, 6) is 1.99. The predicted molar refractivity (Wildman–Crippen MR) is 105 cm³/mol. The molecule has 3 rings (SSSR count). The summed E-state index contributed by atoms with van der Waals surface area (Å²) in [7, 11) is 1.88. The molecule has 158 valence electrons. The van der Waals surface area contributed by atoms with E-state index >= 15 is 0 Å². The first-order valence-corrected chi connectivity index (χ1v) is 9.67. The van der Waals surface area contributed by atoms with Crippen LogP contribution < -0.4 is 5.32 Å². The Bertz CT molecular complexity index is 767. The fourth-order valence-corrected chi connectivity index (χ4v) is 3.15. The number of ether oxygens (including phenoxy) is 1. The second-order valence-electron chi connectivity index (χ2n) is 7.20. The van der Waals surface area contributed by atoms with Crippen molar-refractivity contribution in [2.75, 3.05) is 33.4 Å². The van der Waals surface area contributed by atoms with Crippen molar-refractivity contribution < 1.29 is 22.3 Å². The Kier molecular flexibility index (Phi) is 7.19. The summed E-state index contributed by atoms with van der Waals surface area (Å²) in [5, 5.41) is 3.33. The first-order valence-electron chi connectivity index (χ1n) is 9.67. The van der Waals surface area contributed by atoms with Gasteiger partial charge in [-0.05, 0) is 36.2 Å². The van der Waals surface area contributed by atoms with E-state index in [1.54, 1.807) is 6.26 Å². The van der Waals surface area contributed by atoms with Crippen LogP contribution in [0.4, 0.5) is 13.2 Å². The minimum atomic E-state index is -4.33. The smallest absolute Gasteiger partial charge is 0.416 e. The Morgan fingerprint density at radius 3 is 2.66 bits per heavy atom. The van der Waals surface area contributed by atoms with Crippen molar-refractivity contribution in [3.63, 3.8) is 0 Å². The Morgan fingerprint density at radius 2 is 2.03 bits per heavy atom. The number of halogens is 3. The molecular weight excluding hydrogens is 383 g/mol. The average Bonchev–Trinajstić information content (AvgIpc) is 3.38. The number of benzene rings is 1. The van der Waals surface area contributed by atoms with Crippen LogP contribution in [-0.2, 0) is 23.9 Å². The summed E-state index contributed by atoms with van der Waals surface area (Å²) < 4.78 is 49.0. The highest BCUT2D eigenvalue weighted by atomic mass is 19.4. The summed E-state index contributed by atoms with van der Waals surface area (Å²) >= 11 is 0. The van der Waals surface area contributed by atoms with Crippen molar-refractivity contribution >= 4 is 5.96 Å². The van der Waals surface area contributed by atoms with Gasteiger partial charge in [-0.25, -0.2) is 0 Å². The Balaban J connectivity index is 1.61. The molecule has 2 heterocycles. The molecule has 1 aromatic heterocycles. The highest BCUT2D eigenvalue weighted by molar-refractivity contribution is 5.79. The molecule has 2 aromatic rings. The van der Waals surface area contributed by atoms with E-state index in [9.17, 15) is 13.2 Å². The van der Waals surface area contributed by atoms with Crippen LogP contribution in [0.25, 0.3) is 0 Å². The number of nitrogens with one attached hydrogen (secondary N) is 1. The lowest BCUT2D eigenvalue weighted by Gasteiger charge is -2.23. The fourth-order valence-electron chi connectivity index (χ4n) is 3.15. The maximum atomic E-state index is 12.8. The molecule has 1 atom stereocenters. The second-order valence-corrected chi connectivity index (χ2v) is 7.20. The van der Waals surface area contributed by atoms with Crippen molar-refractivity contribution in [2.24, 2.45) is 10.9 Å². The zero-order valence-electron chi connectivity index (χ0n) is 16.4. The minimum Gasteiger partial charge on any atom is -0.469 e. The summed E-state index contributed by atoms with van der Waals surface area (Å²) in [4.78, 5) is 6.64. The van der Waals surface area contributed by atoms with E-state index in [1.807, 2.05) is 24.1 Å². The van der Waals surface area contributed by atoms with E-state index < -0.39 is 11.7 Å². The van der Waals surface area contributed by atoms with Crippen LogP contribution in [0.5, 0.6) is 0 Å². The summed E-state index contributed by atoms with van der Waals surface area (Å²) in [5.41, 5.74) is 0.140. The third-order valence-corrected chi connectivity index (χ3v) is 4.82. The van der Waals surface area contributed by atoms with Gasteiger partial charge in [-0.1, -0.05) is 12.1 Å². The molecule has 0 aliphatic carbocycles. The molecule has 0 spiro atoms. The van der Waals surface area contributed by atoms with Crippen molar-refractivity contribution in [1.82, 2.24) is 10.2 Å². The molecule has 1 N–H and O–H groups in total. The van der Waals surface area contributed by atoms with Crippen LogP contribution in [0, 0.1) is 5.92 Å². The first kappa shape index (κ1) is 21.2. The maximum Gasteiger partial charge on any atom is 0.416 e. The molecule has 5 nitrogen and oxygen atoms in total. The lowest BCUT2D eigenvalue weighted by Crippen LogP contribution is -2.40. The van der Waals surface area contributed by atoms with Crippen LogP contribution in [0.3, 0.4) is 0 Å². The third kappa shape index (κ3) is 6.52. The quantitative estimate of drug-likeness (QED) is 0.556. The van der Waals surface area contributed by atoms with Crippen molar-refractivity contribution in [3.05, 3.63) is 59.5 Å². The summed E-state index contributed by atoms with van der Waals surface area (Å²) in [6.07, 6.45) is -0.979. The molecule has 0 bridgehead atoms. The normalized spacial score (nSPS) is 17.5. The van der Waals surface area contributed by atoms with E-state index in [0.717, 1.165) is 36.5 Å². The van der Waals surface area contributed by atoms with Gasteiger partial charge in [0.1, 0.15) is 5.76 Å². The van der Waals surface area contributed by atoms with Gasteiger partial charge in [-0.15, -0.1) is 0 Å². The van der Waals surface area contributed by atoms with Crippen LogP contribution in [0.2, 0.25) is 0 Å². The number of aliphatic imine (C=N–C) groups is 1. The predicted octanol–water partition coefficient (Wildman–Crippen LogP) is 3.96. The maximum absolute atomic E-state index is 12.8. The van der Waals surface area contributed by atoms with Gasteiger partial charge in [0.15, 0.2) is 5.96 Å². The monoisotopic (exact) mass is 409 g/mol. The highest BCUT2D eigenvalue weighted by Gasteiger charge is 2.30. The molecule has 1 aromatic carbocycles. The topological polar surface area (TPSA) is 50.0 Å². The van der Waals surface area contributed by atoms with Gasteiger partial charge in [0.25, 0.3) is 0 Å². The Morgan fingerprint density at radius 1 is 1.24 bits per heavy atom. The molecule has 29 heavy (non-hydrogen) atoms. The molecule has 0 radical (unpaired) electrons. The van der Waals surface area contributed by atoms with Gasteiger partial charge in [0, 0.05) is 45.6 Å². The molecule has 1 aliphatic heterocycles. The number of rotatable bonds is 7. The fraction of sp³-hybridized carbons (Fsp3) is 0.476. The zero-order valence-corrected chi connectivity index (χ0v) is 16.4. The lowest BCUT2D eigenvalue weighted by atomic mass is 10.1. The summed E-state index contributed by atoms with van der Waals surface area (Å²) in [6, 6.07) is 9.00. The lowest BCUT2D eigenvalue weighted by molar-refractivity contribution is -0.137. The molecule has 1 aliphatic rings. The largest absolute Gasteiger partial charge is 0.469 e. The van der Waals surface area contributed by atoms with E-state index in [0.29, 0.717) is 44.5 Å². The number of hydrogen-bond donors (Lipinski definition) is 1. The van der Waals surface area contributed by atoms with Crippen molar-refractivity contribution in [1.29, 1.82) is 0 Å². The molecule has 1 fully saturated rings. The number of furan rings is 1. The number of alkyl halides is 3. The van der Waals surface area contributed by atoms with E-state index in [-0.39, 0.29) is 0 Å². The summed E-state index contributed by atoms with van der Waals surface area (Å²) in [6.45, 7) is 3.23. The van der Waals surface area contributed by atoms with E-state index in [2.05, 4.69) is 5.32 Å². The van der Waals surface area contributed by atoms with Crippen LogP contribution in [-0.4, -0.2) is 44.2 Å². The second kappa shape index (κ2) is 9.82. The van der Waals surface area contributed by atoms with Gasteiger partial charge >= 0.3 is 6.18 Å². The number of nitrogens with zero attached hydrogens (tertiary/aromatic N) is 2. The zero-order chi connectivity index (χ0) is 20.7. The van der Waals surface area contributed by atoms with Crippen molar-refractivity contribution in [2.45, 2.75) is 25.6 Å². The van der Waals surface area contributed by atoms with Crippen LogP contribution in [0.15, 0.2) is 52.1 Å². The molecule has 0 amide bonds. The molecule has 0 saturated carbocycles. The van der Waals surface area contributed by atoms with E-state index in [4.69, 9.17) is 14.1 Å². The van der Waals surface area contributed by atoms with Gasteiger partial charge in [-0.2, -0.15) is 13.2 Å². The average molecular weight is 409 g/mol. The number of guanidine groups is 1. The van der Waals surface area contributed by atoms with Gasteiger partial charge < -0.3 is 19.4 Å². The Labute approximate surface area is 168 Å². The Hall–Kier alpha value is -2.48. The first-order chi connectivity index (χ1) is 13.9. The molecule has 1 unspecified atom stereocenters. The third-order valence-electron chi connectivity index (χ3n) is 4.82. The van der Waals surface area contributed by atoms with Gasteiger partial charge in [-0.3, -0.25) is 4.99 Å². The SMILES string of the molecule is CN(Cc1ccc(C(F)(F)F)cc1)C(=NCC1CCOC1)NCCc1ccco1. The van der Waals surface area contributed by atoms with E-state index in [1.165, 1.54) is 12.1 Å². The van der Waals surface area contributed by atoms with Crippen LogP contribution in [0.1, 0.15) is 23.3 Å². The van der Waals surface area contributed by atoms with Gasteiger partial charge in [0.05, 0.1) is 18.4 Å². The van der Waals surface area contributed by atoms with Gasteiger partial charge in [0.2, 0.25) is 0 Å². The van der Waals surface area contributed by atoms with Crippen LogP contribution >= 0.6 is 0 Å². The highest BCUT2D eigenvalue weighted by Crippen LogP contribution is 2.29. The molecule has 8 heteroatoms. The van der Waals surface area contributed by atoms with Crippen molar-refractivity contribution in [3.8, 4) is 0 Å². The minimum absolute atomic E-state index is 0.399. The molecule has 1 saturated heterocycles. The molecular formula is C21H26F3N3O2. The standard InChI is InChI=1S/C21H26F3N3O2/c1-27(14-16-4-6-18(7-5-16)21(22,23)24)20(26-13-17-9-12-28-15-17)25-10-8-19-3-2-11-29-19/h2-7,11,17H,8-10,12-15H2,1H3,(H,25,26).